The van der Waals surface area contributed by atoms with Crippen molar-refractivity contribution in [1.82, 2.24) is 4.98 Å². The van der Waals surface area contributed by atoms with E-state index in [1.807, 2.05) is 17.5 Å². The molecular weight excluding hydrogens is 378 g/mol. The van der Waals surface area contributed by atoms with Crippen molar-refractivity contribution >= 4 is 21.6 Å². The number of thiophene rings is 1. The number of hydrogen-bond acceptors (Lipinski definition) is 7. The zero-order valence-electron chi connectivity index (χ0n) is 15.5. The van der Waals surface area contributed by atoms with E-state index in [-0.39, 0.29) is 5.89 Å². The van der Waals surface area contributed by atoms with Gasteiger partial charge in [-0.15, -0.1) is 11.3 Å². The predicted molar refractivity (Wildman–Crippen MR) is 109 cm³/mol. The Bertz CT molecular complexity index is 1190. The third-order valence-electron chi connectivity index (χ3n) is 4.40. The molecule has 0 aliphatic heterocycles. The summed E-state index contributed by atoms with van der Waals surface area (Å²) in [6.45, 7) is 0. The Morgan fingerprint density at radius 1 is 0.893 bits per heavy atom. The maximum Gasteiger partial charge on any atom is 0.348 e. The van der Waals surface area contributed by atoms with E-state index in [9.17, 15) is 4.79 Å². The van der Waals surface area contributed by atoms with Crippen molar-refractivity contribution in [3.05, 3.63) is 58.3 Å². The highest BCUT2D eigenvalue weighted by atomic mass is 32.1. The molecule has 0 unspecified atom stereocenters. The molecule has 0 radical (unpaired) electrons. The van der Waals surface area contributed by atoms with Crippen LogP contribution in [0, 0.1) is 0 Å². The largest absolute Gasteiger partial charge is 0.497 e. The zero-order valence-corrected chi connectivity index (χ0v) is 16.3. The van der Waals surface area contributed by atoms with Crippen LogP contribution >= 0.6 is 11.3 Å². The molecule has 0 saturated carbocycles. The lowest BCUT2D eigenvalue weighted by molar-refractivity contribution is 0.355. The summed E-state index contributed by atoms with van der Waals surface area (Å²) in [5.74, 6) is 2.21. The van der Waals surface area contributed by atoms with E-state index in [0.29, 0.717) is 27.3 Å². The number of nitrogens with zero attached hydrogens (tertiary/aromatic N) is 1. The number of ether oxygens (including phenoxy) is 3. The lowest BCUT2D eigenvalue weighted by Gasteiger charge is -2.09. The Morgan fingerprint density at radius 3 is 2.29 bits per heavy atom. The first-order chi connectivity index (χ1) is 13.6. The topological polar surface area (TPSA) is 70.8 Å². The molecule has 0 atom stereocenters. The number of benzene rings is 2. The fourth-order valence-corrected chi connectivity index (χ4v) is 3.88. The normalized spacial score (nSPS) is 10.8. The predicted octanol–water partition coefficient (Wildman–Crippen LogP) is 4.61. The number of hydrogen-bond donors (Lipinski definition) is 0. The minimum absolute atomic E-state index is 0.279. The Kier molecular flexibility index (Phi) is 4.75. The molecule has 0 aliphatic carbocycles. The van der Waals surface area contributed by atoms with Gasteiger partial charge < -0.3 is 18.6 Å². The zero-order chi connectivity index (χ0) is 19.7. The van der Waals surface area contributed by atoms with Gasteiger partial charge >= 0.3 is 5.63 Å². The van der Waals surface area contributed by atoms with E-state index < -0.39 is 5.63 Å². The SMILES string of the molecule is COc1ccc(-c2nc3scc(-c4ccc(OC)c(OC)c4)c3c(=O)o2)cc1. The van der Waals surface area contributed by atoms with Crippen LogP contribution in [0.15, 0.2) is 57.1 Å². The molecule has 2 aromatic carbocycles. The van der Waals surface area contributed by atoms with Gasteiger partial charge in [-0.25, -0.2) is 9.78 Å². The van der Waals surface area contributed by atoms with Crippen molar-refractivity contribution < 1.29 is 18.6 Å². The van der Waals surface area contributed by atoms with Gasteiger partial charge in [0.2, 0.25) is 5.89 Å². The van der Waals surface area contributed by atoms with Crippen LogP contribution in [-0.4, -0.2) is 26.3 Å². The third-order valence-corrected chi connectivity index (χ3v) is 5.27. The van der Waals surface area contributed by atoms with Crippen LogP contribution in [0.3, 0.4) is 0 Å². The number of fused-ring (bicyclic) bond motifs is 1. The molecule has 2 heterocycles. The fraction of sp³-hybridized carbons (Fsp3) is 0.143. The van der Waals surface area contributed by atoms with Crippen molar-refractivity contribution in [2.75, 3.05) is 21.3 Å². The highest BCUT2D eigenvalue weighted by Gasteiger charge is 2.17. The van der Waals surface area contributed by atoms with E-state index in [1.54, 1.807) is 51.7 Å². The summed E-state index contributed by atoms with van der Waals surface area (Å²) >= 11 is 1.39. The van der Waals surface area contributed by atoms with Crippen LogP contribution in [0.25, 0.3) is 32.8 Å². The van der Waals surface area contributed by atoms with E-state index >= 15 is 0 Å². The van der Waals surface area contributed by atoms with Gasteiger partial charge in [0.25, 0.3) is 0 Å². The van der Waals surface area contributed by atoms with Crippen LogP contribution in [0.1, 0.15) is 0 Å². The lowest BCUT2D eigenvalue weighted by Crippen LogP contribution is -2.02. The molecule has 0 amide bonds. The average Bonchev–Trinajstić information content (AvgIpc) is 3.18. The molecule has 0 N–H and O–H groups in total. The van der Waals surface area contributed by atoms with Gasteiger partial charge in [-0.1, -0.05) is 6.07 Å². The van der Waals surface area contributed by atoms with Crippen LogP contribution in [0.2, 0.25) is 0 Å². The second-order valence-electron chi connectivity index (χ2n) is 5.93. The maximum absolute atomic E-state index is 12.7. The molecular formula is C21H17NO5S. The Hall–Kier alpha value is -3.32. The summed E-state index contributed by atoms with van der Waals surface area (Å²) in [6, 6.07) is 12.7. The first-order valence-corrected chi connectivity index (χ1v) is 9.31. The van der Waals surface area contributed by atoms with Gasteiger partial charge in [-0.3, -0.25) is 0 Å². The number of methoxy groups -OCH3 is 3. The standard InChI is InChI=1S/C21H17NO5S/c1-24-14-7-4-12(5-8-14)19-22-20-18(21(23)27-19)15(11-28-20)13-6-9-16(25-2)17(10-13)26-3/h4-11H,1-3H3. The minimum atomic E-state index is -0.429. The van der Waals surface area contributed by atoms with Crippen molar-refractivity contribution in [2.24, 2.45) is 0 Å². The quantitative estimate of drug-likeness (QED) is 0.491. The first kappa shape index (κ1) is 18.1. The Labute approximate surface area is 164 Å². The van der Waals surface area contributed by atoms with E-state index in [4.69, 9.17) is 18.6 Å². The van der Waals surface area contributed by atoms with Gasteiger partial charge in [0.1, 0.15) is 16.0 Å². The van der Waals surface area contributed by atoms with Gasteiger partial charge in [-0.05, 0) is 42.0 Å². The van der Waals surface area contributed by atoms with Crippen molar-refractivity contribution in [1.29, 1.82) is 0 Å². The van der Waals surface area contributed by atoms with Gasteiger partial charge in [0, 0.05) is 16.5 Å². The molecule has 4 aromatic rings. The second kappa shape index (κ2) is 7.36. The Balaban J connectivity index is 1.82. The van der Waals surface area contributed by atoms with Crippen LogP contribution < -0.4 is 19.8 Å². The molecule has 0 bridgehead atoms. The second-order valence-corrected chi connectivity index (χ2v) is 6.79. The van der Waals surface area contributed by atoms with Crippen LogP contribution in [0.4, 0.5) is 0 Å². The molecule has 0 aliphatic rings. The lowest BCUT2D eigenvalue weighted by atomic mass is 10.1. The average molecular weight is 395 g/mol. The van der Waals surface area contributed by atoms with Crippen LogP contribution in [0.5, 0.6) is 17.2 Å². The molecule has 0 fully saturated rings. The van der Waals surface area contributed by atoms with Crippen molar-refractivity contribution in [3.8, 4) is 39.8 Å². The van der Waals surface area contributed by atoms with Crippen molar-refractivity contribution in [3.63, 3.8) is 0 Å². The summed E-state index contributed by atoms with van der Waals surface area (Å²) in [5, 5.41) is 2.35. The summed E-state index contributed by atoms with van der Waals surface area (Å²) < 4.78 is 21.3. The summed E-state index contributed by atoms with van der Waals surface area (Å²) in [7, 11) is 4.75. The van der Waals surface area contributed by atoms with Gasteiger partial charge in [0.05, 0.1) is 21.3 Å². The molecule has 142 valence electrons. The highest BCUT2D eigenvalue weighted by Crippen LogP contribution is 2.37. The minimum Gasteiger partial charge on any atom is -0.497 e. The third kappa shape index (κ3) is 3.10. The van der Waals surface area contributed by atoms with Gasteiger partial charge in [-0.2, -0.15) is 0 Å². The fourth-order valence-electron chi connectivity index (χ4n) is 2.95. The molecule has 28 heavy (non-hydrogen) atoms. The monoisotopic (exact) mass is 395 g/mol. The molecule has 6 nitrogen and oxygen atoms in total. The van der Waals surface area contributed by atoms with Crippen LogP contribution in [-0.2, 0) is 0 Å². The summed E-state index contributed by atoms with van der Waals surface area (Å²) in [5.41, 5.74) is 1.86. The summed E-state index contributed by atoms with van der Waals surface area (Å²) in [4.78, 5) is 17.9. The number of rotatable bonds is 5. The molecule has 4 rings (SSSR count). The highest BCUT2D eigenvalue weighted by molar-refractivity contribution is 7.17. The number of aromatic nitrogens is 1. The van der Waals surface area contributed by atoms with E-state index in [0.717, 1.165) is 16.9 Å². The molecule has 2 aromatic heterocycles. The van der Waals surface area contributed by atoms with Crippen molar-refractivity contribution in [2.45, 2.75) is 0 Å². The van der Waals surface area contributed by atoms with E-state index in [2.05, 4.69) is 4.98 Å². The molecule has 0 saturated heterocycles. The maximum atomic E-state index is 12.7. The molecule has 7 heteroatoms. The van der Waals surface area contributed by atoms with Gasteiger partial charge in [0.15, 0.2) is 11.5 Å². The Morgan fingerprint density at radius 2 is 1.61 bits per heavy atom. The first-order valence-electron chi connectivity index (χ1n) is 8.43. The molecule has 0 spiro atoms. The smallest absolute Gasteiger partial charge is 0.348 e. The summed E-state index contributed by atoms with van der Waals surface area (Å²) in [6.07, 6.45) is 0. The van der Waals surface area contributed by atoms with E-state index in [1.165, 1.54) is 11.3 Å².